The summed E-state index contributed by atoms with van der Waals surface area (Å²) in [6.45, 7) is 0.432. The zero-order valence-corrected chi connectivity index (χ0v) is 22.9. The molecule has 1 aliphatic rings. The van der Waals surface area contributed by atoms with Crippen molar-refractivity contribution in [1.29, 1.82) is 0 Å². The lowest BCUT2D eigenvalue weighted by Gasteiger charge is -2.28. The average molecular weight is 616 g/mol. The Morgan fingerprint density at radius 1 is 0.955 bits per heavy atom. The maximum Gasteiger partial charge on any atom is 0.490 e. The Balaban J connectivity index is 0.000000493. The molecule has 9 nitrogen and oxygen atoms in total. The number of rotatable bonds is 5. The van der Waals surface area contributed by atoms with Gasteiger partial charge in [0.25, 0.3) is 5.91 Å². The molecule has 5 aromatic rings. The number of imidazole rings is 1. The molecule has 3 heterocycles. The van der Waals surface area contributed by atoms with Gasteiger partial charge in [-0.05, 0) is 73.1 Å². The second kappa shape index (κ2) is 12.3. The van der Waals surface area contributed by atoms with Crippen LogP contribution < -0.4 is 5.32 Å². The number of carbonyl (C=O) groups is 2. The van der Waals surface area contributed by atoms with Gasteiger partial charge in [0, 0.05) is 42.3 Å². The minimum absolute atomic E-state index is 0.145. The van der Waals surface area contributed by atoms with E-state index in [9.17, 15) is 31.9 Å². The predicted octanol–water partition coefficient (Wildman–Crippen LogP) is 6.13. The first-order valence-electron chi connectivity index (χ1n) is 13.6. The first-order valence-corrected chi connectivity index (χ1v) is 13.6. The number of pyridine rings is 1. The number of amides is 1. The van der Waals surface area contributed by atoms with Gasteiger partial charge in [-0.1, -0.05) is 12.1 Å². The van der Waals surface area contributed by atoms with E-state index in [1.54, 1.807) is 6.20 Å². The van der Waals surface area contributed by atoms with Crippen molar-refractivity contribution in [1.82, 2.24) is 24.5 Å². The number of phenolic OH excluding ortho intramolecular Hbond substituents is 1. The third-order valence-corrected chi connectivity index (χ3v) is 7.52. The zero-order valence-electron chi connectivity index (χ0n) is 22.9. The van der Waals surface area contributed by atoms with E-state index in [1.807, 2.05) is 16.8 Å². The second-order valence-corrected chi connectivity index (χ2v) is 10.5. The van der Waals surface area contributed by atoms with Crippen LogP contribution in [0, 0.1) is 17.6 Å². The van der Waals surface area contributed by atoms with E-state index in [-0.39, 0.29) is 17.5 Å². The number of hydrogen-bond acceptors (Lipinski definition) is 5. The molecular weight excluding hydrogens is 589 g/mol. The highest BCUT2D eigenvalue weighted by Gasteiger charge is 2.38. The number of aromatic nitrogens is 4. The molecule has 3 N–H and O–H groups in total. The summed E-state index contributed by atoms with van der Waals surface area (Å²) in [6.07, 6.45) is 6.40. The third-order valence-electron chi connectivity index (χ3n) is 7.52. The molecule has 0 unspecified atom stereocenters. The molecule has 0 aliphatic heterocycles. The van der Waals surface area contributed by atoms with Crippen molar-refractivity contribution in [2.24, 2.45) is 5.92 Å². The summed E-state index contributed by atoms with van der Waals surface area (Å²) in [4.78, 5) is 25.6. The van der Waals surface area contributed by atoms with Crippen LogP contribution in [0.15, 0.2) is 67.3 Å². The number of benzene rings is 2. The maximum absolute atomic E-state index is 13.5. The topological polar surface area (TPSA) is 122 Å². The van der Waals surface area contributed by atoms with Crippen molar-refractivity contribution >= 4 is 28.4 Å². The summed E-state index contributed by atoms with van der Waals surface area (Å²) < 4.78 is 62.9. The number of hydrogen-bond donors (Lipinski definition) is 3. The minimum Gasteiger partial charge on any atom is -0.503 e. The van der Waals surface area contributed by atoms with Crippen LogP contribution >= 0.6 is 0 Å². The molecule has 0 atom stereocenters. The molecule has 0 saturated heterocycles. The van der Waals surface area contributed by atoms with E-state index >= 15 is 0 Å². The quantitative estimate of drug-likeness (QED) is 0.205. The Morgan fingerprint density at radius 3 is 2.27 bits per heavy atom. The number of aliphatic carboxylic acids is 1. The minimum atomic E-state index is -5.08. The monoisotopic (exact) mass is 615 g/mol. The number of nitrogens with zero attached hydrogens (tertiary/aromatic N) is 4. The molecule has 1 saturated carbocycles. The van der Waals surface area contributed by atoms with Gasteiger partial charge in [-0.2, -0.15) is 18.3 Å². The van der Waals surface area contributed by atoms with Gasteiger partial charge in [0.2, 0.25) is 0 Å². The standard InChI is InChI=1S/C28H25F2N5O2.C2HF3O2/c29-23-11-21(12-24(30)27(23)36)28(37)32-15-17-1-5-22(6-2-17)35-16-20-4-3-18(13-25(20)33-35)19-7-9-34-10-8-31-26(34)14-19;3-2(4,5)1(6)7/h3-4,7-14,16-17,22,36H,1-2,5-6,15H2,(H,32,37);(H,6,7). The summed E-state index contributed by atoms with van der Waals surface area (Å²) in [5, 5.41) is 25.1. The van der Waals surface area contributed by atoms with Crippen molar-refractivity contribution in [2.75, 3.05) is 6.54 Å². The lowest BCUT2D eigenvalue weighted by Crippen LogP contribution is -2.31. The summed E-state index contributed by atoms with van der Waals surface area (Å²) >= 11 is 0. The molecule has 3 aromatic heterocycles. The number of phenols is 1. The van der Waals surface area contributed by atoms with E-state index in [1.165, 1.54) is 0 Å². The lowest BCUT2D eigenvalue weighted by atomic mass is 9.86. The molecule has 0 spiro atoms. The Morgan fingerprint density at radius 2 is 1.61 bits per heavy atom. The summed E-state index contributed by atoms with van der Waals surface area (Å²) in [5.41, 5.74) is 3.89. The van der Waals surface area contributed by atoms with Gasteiger partial charge in [0.05, 0.1) is 11.6 Å². The van der Waals surface area contributed by atoms with E-state index in [0.717, 1.165) is 65.5 Å². The van der Waals surface area contributed by atoms with Gasteiger partial charge in [0.15, 0.2) is 17.4 Å². The second-order valence-electron chi connectivity index (χ2n) is 10.5. The number of carbonyl (C=O) groups excluding carboxylic acids is 1. The molecule has 14 heteroatoms. The first kappa shape index (κ1) is 30.4. The number of halogens is 5. The number of nitrogens with one attached hydrogen (secondary N) is 1. The highest BCUT2D eigenvalue weighted by molar-refractivity contribution is 5.94. The fourth-order valence-corrected chi connectivity index (χ4v) is 5.14. The predicted molar refractivity (Wildman–Crippen MR) is 149 cm³/mol. The van der Waals surface area contributed by atoms with Gasteiger partial charge >= 0.3 is 12.1 Å². The molecule has 0 radical (unpaired) electrons. The van der Waals surface area contributed by atoms with E-state index < -0.39 is 35.4 Å². The van der Waals surface area contributed by atoms with Crippen molar-refractivity contribution in [3.05, 3.63) is 84.4 Å². The smallest absolute Gasteiger partial charge is 0.490 e. The van der Waals surface area contributed by atoms with Gasteiger partial charge < -0.3 is 19.9 Å². The van der Waals surface area contributed by atoms with Crippen molar-refractivity contribution in [3.63, 3.8) is 0 Å². The third kappa shape index (κ3) is 6.79. The fourth-order valence-electron chi connectivity index (χ4n) is 5.14. The number of alkyl halides is 3. The molecule has 0 bridgehead atoms. The molecular formula is C30H26F5N5O4. The van der Waals surface area contributed by atoms with Crippen LogP contribution in [0.25, 0.3) is 27.7 Å². The van der Waals surface area contributed by atoms with Crippen LogP contribution in [0.3, 0.4) is 0 Å². The maximum atomic E-state index is 13.5. The SMILES string of the molecule is O=C(NCC1CCC(n2cc3ccc(-c4ccn5ccnc5c4)cc3n2)CC1)c1cc(F)c(O)c(F)c1.O=C(O)C(F)(F)F. The number of carboxylic acid groups (broad SMARTS) is 1. The molecule has 44 heavy (non-hydrogen) atoms. The van der Waals surface area contributed by atoms with Crippen LogP contribution in [-0.4, -0.2) is 54.0 Å². The molecule has 1 aliphatic carbocycles. The van der Waals surface area contributed by atoms with Crippen LogP contribution in [0.4, 0.5) is 22.0 Å². The fraction of sp³-hybridized carbons (Fsp3) is 0.267. The van der Waals surface area contributed by atoms with Gasteiger partial charge in [-0.3, -0.25) is 9.48 Å². The van der Waals surface area contributed by atoms with Crippen molar-refractivity contribution < 1.29 is 41.8 Å². The molecule has 1 fully saturated rings. The molecule has 230 valence electrons. The molecule has 2 aromatic carbocycles. The zero-order chi connectivity index (χ0) is 31.6. The van der Waals surface area contributed by atoms with E-state index in [2.05, 4.69) is 51.5 Å². The Labute approximate surface area is 246 Å². The Hall–Kier alpha value is -5.01. The van der Waals surface area contributed by atoms with E-state index in [0.29, 0.717) is 6.54 Å². The summed E-state index contributed by atoms with van der Waals surface area (Å²) in [7, 11) is 0. The van der Waals surface area contributed by atoms with Gasteiger partial charge in [-0.15, -0.1) is 0 Å². The van der Waals surface area contributed by atoms with Crippen LogP contribution in [0.1, 0.15) is 42.1 Å². The highest BCUT2D eigenvalue weighted by atomic mass is 19.4. The Bertz CT molecular complexity index is 1800. The van der Waals surface area contributed by atoms with Crippen LogP contribution in [0.5, 0.6) is 5.75 Å². The van der Waals surface area contributed by atoms with Crippen LogP contribution in [-0.2, 0) is 4.79 Å². The van der Waals surface area contributed by atoms with E-state index in [4.69, 9.17) is 15.0 Å². The largest absolute Gasteiger partial charge is 0.503 e. The number of fused-ring (bicyclic) bond motifs is 2. The van der Waals surface area contributed by atoms with Crippen molar-refractivity contribution in [3.8, 4) is 16.9 Å². The average Bonchev–Trinajstić information content (AvgIpc) is 3.65. The first-order chi connectivity index (χ1) is 20.9. The summed E-state index contributed by atoms with van der Waals surface area (Å²) in [6, 6.07) is 12.4. The van der Waals surface area contributed by atoms with Gasteiger partial charge in [0.1, 0.15) is 5.65 Å². The van der Waals surface area contributed by atoms with Gasteiger partial charge in [-0.25, -0.2) is 18.6 Å². The van der Waals surface area contributed by atoms with Crippen molar-refractivity contribution in [2.45, 2.75) is 37.9 Å². The normalized spacial score (nSPS) is 16.8. The molecule has 1 amide bonds. The number of carboxylic acids is 1. The number of aromatic hydroxyl groups is 1. The van der Waals surface area contributed by atoms with Crippen LogP contribution in [0.2, 0.25) is 0 Å². The highest BCUT2D eigenvalue weighted by Crippen LogP contribution is 2.33. The summed E-state index contributed by atoms with van der Waals surface area (Å²) in [5.74, 6) is -6.41. The Kier molecular flexibility index (Phi) is 8.52. The lowest BCUT2D eigenvalue weighted by molar-refractivity contribution is -0.192. The molecule has 6 rings (SSSR count).